The first-order valence-corrected chi connectivity index (χ1v) is 4.98. The van der Waals surface area contributed by atoms with Gasteiger partial charge in [-0.25, -0.2) is 0 Å². The average Bonchev–Trinajstić information content (AvgIpc) is 2.25. The van der Waals surface area contributed by atoms with Gasteiger partial charge in [-0.05, 0) is 12.1 Å². The topological polar surface area (TPSA) is 29.5 Å². The van der Waals surface area contributed by atoms with Gasteiger partial charge in [-0.2, -0.15) is 0 Å². The molecule has 2 heterocycles. The third kappa shape index (κ3) is 1.03. The van der Waals surface area contributed by atoms with Gasteiger partial charge in [-0.15, -0.1) is 0 Å². The van der Waals surface area contributed by atoms with E-state index in [-0.39, 0.29) is 11.9 Å². The maximum atomic E-state index is 11.5. The van der Waals surface area contributed by atoms with Crippen LogP contribution >= 0.6 is 0 Å². The van der Waals surface area contributed by atoms with Gasteiger partial charge in [0.15, 0.2) is 0 Å². The normalized spacial score (nSPS) is 22.5. The Morgan fingerprint density at radius 2 is 2.20 bits per heavy atom. The standard InChI is InChI=1S/C12H11NO2/c1-15-11-6-8-4-2-3-5-9(8)13-10(11)7-12(13)14/h2-6,10H,7H2,1H3. The Morgan fingerprint density at radius 1 is 1.40 bits per heavy atom. The van der Waals surface area contributed by atoms with Gasteiger partial charge in [0.05, 0.1) is 19.2 Å². The maximum absolute atomic E-state index is 11.5. The van der Waals surface area contributed by atoms with Gasteiger partial charge in [-0.3, -0.25) is 4.79 Å². The molecule has 1 fully saturated rings. The molecule has 1 amide bonds. The van der Waals surface area contributed by atoms with Crippen LogP contribution in [0.25, 0.3) is 6.08 Å². The number of para-hydroxylation sites is 1. The second kappa shape index (κ2) is 2.86. The van der Waals surface area contributed by atoms with Gasteiger partial charge in [0.1, 0.15) is 11.8 Å². The number of amides is 1. The van der Waals surface area contributed by atoms with Gasteiger partial charge in [0, 0.05) is 5.56 Å². The highest BCUT2D eigenvalue weighted by atomic mass is 16.5. The summed E-state index contributed by atoms with van der Waals surface area (Å²) in [6.45, 7) is 0. The Bertz CT molecular complexity index is 464. The molecule has 3 heteroatoms. The number of anilines is 1. The minimum atomic E-state index is 0.123. The molecule has 1 unspecified atom stereocenters. The summed E-state index contributed by atoms with van der Waals surface area (Å²) in [5, 5.41) is 0. The fraction of sp³-hybridized carbons (Fsp3) is 0.250. The lowest BCUT2D eigenvalue weighted by Crippen LogP contribution is -2.55. The van der Waals surface area contributed by atoms with Crippen LogP contribution in [0.2, 0.25) is 0 Å². The molecule has 0 radical (unpaired) electrons. The first kappa shape index (κ1) is 8.53. The van der Waals surface area contributed by atoms with E-state index in [2.05, 4.69) is 0 Å². The molecule has 3 nitrogen and oxygen atoms in total. The maximum Gasteiger partial charge on any atom is 0.230 e. The number of carbonyl (C=O) groups is 1. The van der Waals surface area contributed by atoms with Crippen molar-refractivity contribution in [2.75, 3.05) is 12.0 Å². The zero-order valence-electron chi connectivity index (χ0n) is 8.43. The monoisotopic (exact) mass is 201 g/mol. The molecule has 1 aromatic carbocycles. The summed E-state index contributed by atoms with van der Waals surface area (Å²) >= 11 is 0. The van der Waals surface area contributed by atoms with Crippen LogP contribution in [0.4, 0.5) is 5.69 Å². The minimum absolute atomic E-state index is 0.123. The minimum Gasteiger partial charge on any atom is -0.499 e. The molecule has 1 atom stereocenters. The highest BCUT2D eigenvalue weighted by Gasteiger charge is 2.43. The van der Waals surface area contributed by atoms with Crippen LogP contribution in [0.3, 0.4) is 0 Å². The lowest BCUT2D eigenvalue weighted by molar-refractivity contribution is -0.124. The lowest BCUT2D eigenvalue weighted by Gasteiger charge is -2.44. The highest BCUT2D eigenvalue weighted by Crippen LogP contribution is 2.39. The van der Waals surface area contributed by atoms with Crippen molar-refractivity contribution in [1.29, 1.82) is 0 Å². The summed E-state index contributed by atoms with van der Waals surface area (Å²) in [5.74, 6) is 1.06. The average molecular weight is 201 g/mol. The molecule has 15 heavy (non-hydrogen) atoms. The van der Waals surface area contributed by atoms with E-state index >= 15 is 0 Å². The van der Waals surface area contributed by atoms with Crippen molar-refractivity contribution in [3.8, 4) is 0 Å². The SMILES string of the molecule is COC1=Cc2ccccc2N2C(=O)CC12. The molecule has 0 spiro atoms. The van der Waals surface area contributed by atoms with Crippen LogP contribution in [0, 0.1) is 0 Å². The van der Waals surface area contributed by atoms with Gasteiger partial charge in [0.2, 0.25) is 5.91 Å². The number of fused-ring (bicyclic) bond motifs is 3. The van der Waals surface area contributed by atoms with E-state index in [4.69, 9.17) is 4.74 Å². The summed E-state index contributed by atoms with van der Waals surface area (Å²) in [7, 11) is 1.65. The molecule has 0 N–H and O–H groups in total. The number of rotatable bonds is 1. The van der Waals surface area contributed by atoms with Crippen molar-refractivity contribution >= 4 is 17.7 Å². The van der Waals surface area contributed by atoms with Crippen molar-refractivity contribution < 1.29 is 9.53 Å². The first-order chi connectivity index (χ1) is 7.31. The largest absolute Gasteiger partial charge is 0.499 e. The van der Waals surface area contributed by atoms with Crippen molar-refractivity contribution in [1.82, 2.24) is 0 Å². The zero-order chi connectivity index (χ0) is 10.4. The van der Waals surface area contributed by atoms with E-state index < -0.39 is 0 Å². The van der Waals surface area contributed by atoms with Crippen LogP contribution in [-0.4, -0.2) is 19.1 Å². The molecular weight excluding hydrogens is 190 g/mol. The number of carbonyl (C=O) groups excluding carboxylic acids is 1. The molecule has 0 saturated carbocycles. The number of ether oxygens (including phenoxy) is 1. The second-order valence-corrected chi connectivity index (χ2v) is 3.79. The van der Waals surface area contributed by atoms with E-state index in [1.807, 2.05) is 35.2 Å². The molecular formula is C12H11NO2. The summed E-state index contributed by atoms with van der Waals surface area (Å²) in [6.07, 6.45) is 2.58. The van der Waals surface area contributed by atoms with E-state index in [0.29, 0.717) is 6.42 Å². The lowest BCUT2D eigenvalue weighted by atomic mass is 9.91. The van der Waals surface area contributed by atoms with E-state index in [1.54, 1.807) is 7.11 Å². The molecule has 0 aromatic heterocycles. The Morgan fingerprint density at radius 3 is 2.93 bits per heavy atom. The molecule has 2 aliphatic heterocycles. The Hall–Kier alpha value is -1.77. The molecule has 3 rings (SSSR count). The third-order valence-corrected chi connectivity index (χ3v) is 3.01. The van der Waals surface area contributed by atoms with Crippen LogP contribution in [0.1, 0.15) is 12.0 Å². The number of hydrogen-bond donors (Lipinski definition) is 0. The summed E-state index contributed by atoms with van der Waals surface area (Å²) in [4.78, 5) is 13.3. The zero-order valence-corrected chi connectivity index (χ0v) is 8.43. The van der Waals surface area contributed by atoms with Gasteiger partial charge in [-0.1, -0.05) is 18.2 Å². The highest BCUT2D eigenvalue weighted by molar-refractivity contribution is 6.05. The Labute approximate surface area is 88.0 Å². The van der Waals surface area contributed by atoms with Crippen molar-refractivity contribution in [2.45, 2.75) is 12.5 Å². The van der Waals surface area contributed by atoms with E-state index in [1.165, 1.54) is 0 Å². The first-order valence-electron chi connectivity index (χ1n) is 4.98. The fourth-order valence-corrected chi connectivity index (χ4v) is 2.22. The van der Waals surface area contributed by atoms with Crippen LogP contribution < -0.4 is 4.90 Å². The van der Waals surface area contributed by atoms with Gasteiger partial charge in [0.25, 0.3) is 0 Å². The van der Waals surface area contributed by atoms with Crippen LogP contribution in [0.5, 0.6) is 0 Å². The number of β-lactam (4-membered cyclic amide) rings is 1. The number of nitrogens with zero attached hydrogens (tertiary/aromatic N) is 1. The van der Waals surface area contributed by atoms with Crippen molar-refractivity contribution in [3.63, 3.8) is 0 Å². The third-order valence-electron chi connectivity index (χ3n) is 3.01. The summed E-state index contributed by atoms with van der Waals surface area (Å²) in [6, 6.07) is 8.01. The molecule has 1 saturated heterocycles. The molecule has 1 aromatic rings. The van der Waals surface area contributed by atoms with Crippen LogP contribution in [0.15, 0.2) is 30.0 Å². The number of methoxy groups -OCH3 is 1. The second-order valence-electron chi connectivity index (χ2n) is 3.79. The molecule has 2 aliphatic rings. The molecule has 76 valence electrons. The smallest absolute Gasteiger partial charge is 0.230 e. The number of hydrogen-bond acceptors (Lipinski definition) is 2. The number of benzene rings is 1. The van der Waals surface area contributed by atoms with Crippen molar-refractivity contribution in [3.05, 3.63) is 35.6 Å². The molecule has 0 aliphatic carbocycles. The predicted molar refractivity (Wildman–Crippen MR) is 57.3 cm³/mol. The van der Waals surface area contributed by atoms with Crippen molar-refractivity contribution in [2.24, 2.45) is 0 Å². The fourth-order valence-electron chi connectivity index (χ4n) is 2.22. The predicted octanol–water partition coefficient (Wildman–Crippen LogP) is 1.79. The van der Waals surface area contributed by atoms with Gasteiger partial charge >= 0.3 is 0 Å². The quantitative estimate of drug-likeness (QED) is 0.648. The van der Waals surface area contributed by atoms with Crippen LogP contribution in [-0.2, 0) is 9.53 Å². The Kier molecular flexibility index (Phi) is 1.63. The van der Waals surface area contributed by atoms with Gasteiger partial charge < -0.3 is 9.64 Å². The van der Waals surface area contributed by atoms with E-state index in [9.17, 15) is 4.79 Å². The Balaban J connectivity index is 2.15. The molecule has 0 bridgehead atoms. The summed E-state index contributed by atoms with van der Waals surface area (Å²) in [5.41, 5.74) is 2.05. The van der Waals surface area contributed by atoms with E-state index in [0.717, 1.165) is 17.0 Å². The summed E-state index contributed by atoms with van der Waals surface area (Å²) < 4.78 is 5.30.